The quantitative estimate of drug-likeness (QED) is 0.753. The van der Waals surface area contributed by atoms with Crippen molar-refractivity contribution in [2.75, 3.05) is 0 Å². The van der Waals surface area contributed by atoms with Crippen molar-refractivity contribution in [3.63, 3.8) is 0 Å². The van der Waals surface area contributed by atoms with Crippen LogP contribution >= 0.6 is 0 Å². The number of hydrogen-bond acceptors (Lipinski definition) is 4. The summed E-state index contributed by atoms with van der Waals surface area (Å²) in [6, 6.07) is 5.36. The molecule has 6 nitrogen and oxygen atoms in total. The molecule has 100 valence electrons. The van der Waals surface area contributed by atoms with E-state index in [2.05, 4.69) is 19.9 Å². The third-order valence-corrected chi connectivity index (χ3v) is 3.07. The fourth-order valence-electron chi connectivity index (χ4n) is 2.07. The zero-order chi connectivity index (χ0) is 13.9. The Morgan fingerprint density at radius 1 is 1.15 bits per heavy atom. The Morgan fingerprint density at radius 2 is 1.95 bits per heavy atom. The van der Waals surface area contributed by atoms with Crippen LogP contribution < -0.4 is 0 Å². The number of pyridine rings is 2. The molecule has 0 aliphatic rings. The molecule has 0 aliphatic carbocycles. The maximum absolute atomic E-state index is 11.1. The molecule has 0 saturated heterocycles. The van der Waals surface area contributed by atoms with Gasteiger partial charge in [-0.3, -0.25) is 4.98 Å². The Kier molecular flexibility index (Phi) is 3.12. The maximum atomic E-state index is 11.1. The standard InChI is InChI=1S/C14H12N4O2/c19-14(20)10-5-8-16-13-12(10)17-11(18-13)2-1-9-3-6-15-7-4-9/h3-8H,1-2H2,(H,19,20)(H,16,17,18). The van der Waals surface area contributed by atoms with Gasteiger partial charge in [0.25, 0.3) is 0 Å². The Bertz CT molecular complexity index is 752. The van der Waals surface area contributed by atoms with E-state index in [0.29, 0.717) is 17.6 Å². The molecule has 3 aromatic rings. The predicted molar refractivity (Wildman–Crippen MR) is 72.5 cm³/mol. The number of carboxylic acid groups (broad SMARTS) is 1. The molecule has 0 fully saturated rings. The Labute approximate surface area is 114 Å². The summed E-state index contributed by atoms with van der Waals surface area (Å²) in [6.07, 6.45) is 6.46. The van der Waals surface area contributed by atoms with Crippen molar-refractivity contribution in [2.24, 2.45) is 0 Å². The largest absolute Gasteiger partial charge is 0.478 e. The first kappa shape index (κ1) is 12.3. The van der Waals surface area contributed by atoms with E-state index in [9.17, 15) is 4.79 Å². The van der Waals surface area contributed by atoms with Crippen molar-refractivity contribution in [1.29, 1.82) is 0 Å². The topological polar surface area (TPSA) is 91.8 Å². The molecule has 3 heterocycles. The average Bonchev–Trinajstić information content (AvgIpc) is 2.88. The summed E-state index contributed by atoms with van der Waals surface area (Å²) in [6.45, 7) is 0. The highest BCUT2D eigenvalue weighted by atomic mass is 16.4. The molecule has 0 atom stereocenters. The number of fused-ring (bicyclic) bond motifs is 1. The molecule has 0 radical (unpaired) electrons. The van der Waals surface area contributed by atoms with Crippen LogP contribution in [0.4, 0.5) is 0 Å². The summed E-state index contributed by atoms with van der Waals surface area (Å²) in [5, 5.41) is 9.12. The van der Waals surface area contributed by atoms with E-state index < -0.39 is 5.97 Å². The minimum atomic E-state index is -0.985. The SMILES string of the molecule is O=C(O)c1ccnc2nc(CCc3ccncc3)[nH]c12. The normalized spacial score (nSPS) is 10.8. The molecule has 0 unspecified atom stereocenters. The van der Waals surface area contributed by atoms with Crippen molar-refractivity contribution in [1.82, 2.24) is 19.9 Å². The first-order valence-electron chi connectivity index (χ1n) is 6.20. The predicted octanol–water partition coefficient (Wildman–Crippen LogP) is 1.84. The lowest BCUT2D eigenvalue weighted by Gasteiger charge is -1.97. The van der Waals surface area contributed by atoms with Crippen LogP contribution in [0.25, 0.3) is 11.2 Å². The van der Waals surface area contributed by atoms with E-state index in [1.54, 1.807) is 12.4 Å². The number of H-pyrrole nitrogens is 1. The molecular weight excluding hydrogens is 256 g/mol. The first-order chi connectivity index (χ1) is 9.74. The number of carboxylic acids is 1. The summed E-state index contributed by atoms with van der Waals surface area (Å²) in [5.74, 6) is -0.250. The zero-order valence-electron chi connectivity index (χ0n) is 10.6. The number of aryl methyl sites for hydroxylation is 2. The van der Waals surface area contributed by atoms with Crippen LogP contribution in [0.5, 0.6) is 0 Å². The van der Waals surface area contributed by atoms with Gasteiger partial charge in [0.05, 0.1) is 11.1 Å². The number of aromatic amines is 1. The van der Waals surface area contributed by atoms with Gasteiger partial charge in [0.1, 0.15) is 5.82 Å². The van der Waals surface area contributed by atoms with Crippen LogP contribution in [0, 0.1) is 0 Å². The van der Waals surface area contributed by atoms with Gasteiger partial charge in [-0.2, -0.15) is 0 Å². The number of aromatic nitrogens is 4. The van der Waals surface area contributed by atoms with Crippen LogP contribution in [-0.4, -0.2) is 31.0 Å². The number of nitrogens with one attached hydrogen (secondary N) is 1. The highest BCUT2D eigenvalue weighted by Crippen LogP contribution is 2.15. The second-order valence-electron chi connectivity index (χ2n) is 4.40. The van der Waals surface area contributed by atoms with Gasteiger partial charge in [-0.05, 0) is 30.2 Å². The monoisotopic (exact) mass is 268 g/mol. The second kappa shape index (κ2) is 5.08. The first-order valence-corrected chi connectivity index (χ1v) is 6.20. The number of rotatable bonds is 4. The average molecular weight is 268 g/mol. The van der Waals surface area contributed by atoms with Crippen LogP contribution in [0.15, 0.2) is 36.8 Å². The minimum Gasteiger partial charge on any atom is -0.478 e. The van der Waals surface area contributed by atoms with Gasteiger partial charge in [-0.25, -0.2) is 14.8 Å². The number of imidazole rings is 1. The van der Waals surface area contributed by atoms with Gasteiger partial charge in [0.15, 0.2) is 5.65 Å². The van der Waals surface area contributed by atoms with E-state index in [0.717, 1.165) is 17.8 Å². The second-order valence-corrected chi connectivity index (χ2v) is 4.40. The van der Waals surface area contributed by atoms with Gasteiger partial charge in [0.2, 0.25) is 0 Å². The molecular formula is C14H12N4O2. The molecule has 0 saturated carbocycles. The third-order valence-electron chi connectivity index (χ3n) is 3.07. The molecule has 6 heteroatoms. The van der Waals surface area contributed by atoms with Crippen molar-refractivity contribution < 1.29 is 9.90 Å². The molecule has 20 heavy (non-hydrogen) atoms. The van der Waals surface area contributed by atoms with E-state index in [4.69, 9.17) is 5.11 Å². The van der Waals surface area contributed by atoms with E-state index in [1.807, 2.05) is 12.1 Å². The van der Waals surface area contributed by atoms with Crippen molar-refractivity contribution in [2.45, 2.75) is 12.8 Å². The summed E-state index contributed by atoms with van der Waals surface area (Å²) in [4.78, 5) is 26.5. The lowest BCUT2D eigenvalue weighted by Crippen LogP contribution is -1.98. The Morgan fingerprint density at radius 3 is 2.70 bits per heavy atom. The van der Waals surface area contributed by atoms with E-state index >= 15 is 0 Å². The van der Waals surface area contributed by atoms with Crippen LogP contribution in [0.3, 0.4) is 0 Å². The van der Waals surface area contributed by atoms with Crippen molar-refractivity contribution in [3.8, 4) is 0 Å². The van der Waals surface area contributed by atoms with Gasteiger partial charge < -0.3 is 10.1 Å². The summed E-state index contributed by atoms with van der Waals surface area (Å²) < 4.78 is 0. The fraction of sp³-hybridized carbons (Fsp3) is 0.143. The van der Waals surface area contributed by atoms with Crippen molar-refractivity contribution >= 4 is 17.1 Å². The molecule has 0 spiro atoms. The lowest BCUT2D eigenvalue weighted by atomic mass is 10.1. The van der Waals surface area contributed by atoms with Gasteiger partial charge in [0, 0.05) is 25.0 Å². The Balaban J connectivity index is 1.86. The zero-order valence-corrected chi connectivity index (χ0v) is 10.6. The Hall–Kier alpha value is -2.76. The molecule has 0 aromatic carbocycles. The smallest absolute Gasteiger partial charge is 0.338 e. The fourth-order valence-corrected chi connectivity index (χ4v) is 2.07. The number of carbonyl (C=O) groups is 1. The van der Waals surface area contributed by atoms with Gasteiger partial charge in [-0.1, -0.05) is 0 Å². The lowest BCUT2D eigenvalue weighted by molar-refractivity contribution is 0.0698. The number of hydrogen-bond donors (Lipinski definition) is 2. The summed E-state index contributed by atoms with van der Waals surface area (Å²) in [5.41, 5.74) is 2.27. The molecule has 3 aromatic heterocycles. The molecule has 0 bridgehead atoms. The van der Waals surface area contributed by atoms with Gasteiger partial charge in [-0.15, -0.1) is 0 Å². The van der Waals surface area contributed by atoms with Crippen molar-refractivity contribution in [3.05, 3.63) is 53.7 Å². The van der Waals surface area contributed by atoms with E-state index in [-0.39, 0.29) is 5.56 Å². The molecule has 3 rings (SSSR count). The van der Waals surface area contributed by atoms with E-state index in [1.165, 1.54) is 12.3 Å². The highest BCUT2D eigenvalue weighted by Gasteiger charge is 2.12. The number of aromatic carboxylic acids is 1. The van der Waals surface area contributed by atoms with Crippen LogP contribution in [0.1, 0.15) is 21.7 Å². The summed E-state index contributed by atoms with van der Waals surface area (Å²) in [7, 11) is 0. The molecule has 2 N–H and O–H groups in total. The van der Waals surface area contributed by atoms with Crippen LogP contribution in [0.2, 0.25) is 0 Å². The molecule has 0 aliphatic heterocycles. The summed E-state index contributed by atoms with van der Waals surface area (Å²) >= 11 is 0. The minimum absolute atomic E-state index is 0.192. The third kappa shape index (κ3) is 2.35. The van der Waals surface area contributed by atoms with Crippen LogP contribution in [-0.2, 0) is 12.8 Å². The maximum Gasteiger partial charge on any atom is 0.338 e. The van der Waals surface area contributed by atoms with Gasteiger partial charge >= 0.3 is 5.97 Å². The molecule has 0 amide bonds. The highest BCUT2D eigenvalue weighted by molar-refractivity contribution is 5.99. The number of nitrogens with zero attached hydrogens (tertiary/aromatic N) is 3.